The summed E-state index contributed by atoms with van der Waals surface area (Å²) in [5, 5.41) is 11.8. The smallest absolute Gasteiger partial charge is 0.159 e. The van der Waals surface area contributed by atoms with E-state index in [9.17, 15) is 0 Å². The molecule has 1 aliphatic rings. The fourth-order valence-electron chi connectivity index (χ4n) is 9.55. The number of benzene rings is 9. The van der Waals surface area contributed by atoms with E-state index in [0.29, 0.717) is 0 Å². The lowest BCUT2D eigenvalue weighted by molar-refractivity contribution is 0.660. The van der Waals surface area contributed by atoms with Gasteiger partial charge in [0.05, 0.1) is 5.69 Å². The zero-order chi connectivity index (χ0) is 35.7. The fraction of sp³-hybridized carbons (Fsp3) is 0.0588. The molecular weight excluding hydrogens is 659 g/mol. The highest BCUT2D eigenvalue weighted by atomic mass is 16.3. The molecule has 0 saturated carbocycles. The molecule has 0 aliphatic heterocycles. The predicted molar refractivity (Wildman–Crippen MR) is 226 cm³/mol. The SMILES string of the molecule is CC1(C)c2ccccc2-c2ccc(N(c3ccc4c5ccccc5c5c(ccc6oc7ccccc7c65)c4c3)c3cccc4c3oc3ccccc34)cc21. The summed E-state index contributed by atoms with van der Waals surface area (Å²) < 4.78 is 13.2. The van der Waals surface area contributed by atoms with Gasteiger partial charge in [0.1, 0.15) is 16.7 Å². The summed E-state index contributed by atoms with van der Waals surface area (Å²) in [6.07, 6.45) is 0. The minimum atomic E-state index is -0.143. The van der Waals surface area contributed by atoms with Crippen molar-refractivity contribution >= 4 is 93.3 Å². The fourth-order valence-corrected chi connectivity index (χ4v) is 9.55. The summed E-state index contributed by atoms with van der Waals surface area (Å²) in [5.74, 6) is 0. The molecule has 254 valence electrons. The van der Waals surface area contributed by atoms with Crippen molar-refractivity contribution in [3.8, 4) is 11.1 Å². The van der Waals surface area contributed by atoms with Crippen LogP contribution in [-0.2, 0) is 5.41 Å². The van der Waals surface area contributed by atoms with Gasteiger partial charge in [0.2, 0.25) is 0 Å². The molecule has 0 spiro atoms. The Kier molecular flexibility index (Phi) is 5.84. The molecule has 0 atom stereocenters. The third kappa shape index (κ3) is 3.91. The molecule has 2 aromatic heterocycles. The number of rotatable bonds is 3. The first-order chi connectivity index (χ1) is 26.5. The Morgan fingerprint density at radius 1 is 0.389 bits per heavy atom. The van der Waals surface area contributed by atoms with Gasteiger partial charge in [-0.3, -0.25) is 0 Å². The molecule has 0 saturated heterocycles. The van der Waals surface area contributed by atoms with Crippen LogP contribution in [0.15, 0.2) is 173 Å². The Labute approximate surface area is 311 Å². The number of fused-ring (bicyclic) bond motifs is 16. The number of hydrogen-bond acceptors (Lipinski definition) is 3. The standard InChI is InChI=1S/C51H33NO2/c1-51(2)42-18-8-5-13-34(42)35-25-23-31(29-43(35)51)52(44-19-11-17-39-36-14-6-9-20-45(36)54-50(39)44)30-22-24-33-32-12-3-4-15-37(32)48-38(41(33)28-30)26-27-47-49(48)40-16-7-10-21-46(40)53-47/h3-29H,1-2H3. The molecule has 0 amide bonds. The minimum Gasteiger partial charge on any atom is -0.456 e. The zero-order valence-corrected chi connectivity index (χ0v) is 29.9. The molecule has 2 heterocycles. The van der Waals surface area contributed by atoms with Gasteiger partial charge in [-0.1, -0.05) is 123 Å². The van der Waals surface area contributed by atoms with E-state index in [1.807, 2.05) is 12.1 Å². The maximum Gasteiger partial charge on any atom is 0.159 e. The molecule has 0 unspecified atom stereocenters. The Balaban J connectivity index is 1.18. The number of para-hydroxylation sites is 3. The highest BCUT2D eigenvalue weighted by Crippen LogP contribution is 2.52. The average Bonchev–Trinajstić information content (AvgIpc) is 3.86. The Morgan fingerprint density at radius 3 is 1.87 bits per heavy atom. The van der Waals surface area contributed by atoms with Gasteiger partial charge in [-0.2, -0.15) is 0 Å². The number of hydrogen-bond donors (Lipinski definition) is 0. The number of anilines is 3. The molecule has 3 heteroatoms. The molecule has 0 radical (unpaired) electrons. The predicted octanol–water partition coefficient (Wildman–Crippen LogP) is 14.7. The first-order valence-electron chi connectivity index (χ1n) is 18.7. The summed E-state index contributed by atoms with van der Waals surface area (Å²) in [5.41, 5.74) is 11.9. The van der Waals surface area contributed by atoms with E-state index >= 15 is 0 Å². The van der Waals surface area contributed by atoms with Gasteiger partial charge >= 0.3 is 0 Å². The van der Waals surface area contributed by atoms with E-state index in [1.54, 1.807) is 0 Å². The molecule has 0 bridgehead atoms. The maximum absolute atomic E-state index is 6.74. The largest absolute Gasteiger partial charge is 0.456 e. The average molecular weight is 692 g/mol. The van der Waals surface area contributed by atoms with Gasteiger partial charge in [-0.05, 0) is 104 Å². The van der Waals surface area contributed by atoms with Gasteiger partial charge < -0.3 is 13.7 Å². The summed E-state index contributed by atoms with van der Waals surface area (Å²) in [6.45, 7) is 4.69. The van der Waals surface area contributed by atoms with Crippen molar-refractivity contribution < 1.29 is 8.83 Å². The third-order valence-electron chi connectivity index (χ3n) is 12.0. The van der Waals surface area contributed by atoms with Crippen LogP contribution >= 0.6 is 0 Å². The van der Waals surface area contributed by atoms with E-state index in [-0.39, 0.29) is 5.41 Å². The van der Waals surface area contributed by atoms with Crippen molar-refractivity contribution in [2.75, 3.05) is 4.90 Å². The van der Waals surface area contributed by atoms with Crippen LogP contribution in [0, 0.1) is 0 Å². The van der Waals surface area contributed by atoms with E-state index in [4.69, 9.17) is 8.83 Å². The number of nitrogens with zero attached hydrogens (tertiary/aromatic N) is 1. The molecule has 0 fully saturated rings. The van der Waals surface area contributed by atoms with Crippen LogP contribution in [-0.4, -0.2) is 0 Å². The molecule has 0 N–H and O–H groups in total. The van der Waals surface area contributed by atoms with Crippen molar-refractivity contribution in [1.82, 2.24) is 0 Å². The highest BCUT2D eigenvalue weighted by Gasteiger charge is 2.36. The van der Waals surface area contributed by atoms with E-state index < -0.39 is 0 Å². The third-order valence-corrected chi connectivity index (χ3v) is 12.0. The molecule has 54 heavy (non-hydrogen) atoms. The first kappa shape index (κ1) is 29.7. The first-order valence-corrected chi connectivity index (χ1v) is 18.7. The molecule has 9 aromatic carbocycles. The Hall–Kier alpha value is -6.84. The van der Waals surface area contributed by atoms with E-state index in [2.05, 4.69) is 170 Å². The lowest BCUT2D eigenvalue weighted by Gasteiger charge is -2.28. The zero-order valence-electron chi connectivity index (χ0n) is 29.9. The summed E-state index contributed by atoms with van der Waals surface area (Å²) in [7, 11) is 0. The quantitative estimate of drug-likeness (QED) is 0.173. The van der Waals surface area contributed by atoms with Crippen LogP contribution in [0.3, 0.4) is 0 Å². The highest BCUT2D eigenvalue weighted by molar-refractivity contribution is 6.34. The van der Waals surface area contributed by atoms with Crippen LogP contribution in [0.1, 0.15) is 25.0 Å². The molecular formula is C51H33NO2. The van der Waals surface area contributed by atoms with Gasteiger partial charge in [-0.15, -0.1) is 0 Å². The van der Waals surface area contributed by atoms with Crippen molar-refractivity contribution in [3.05, 3.63) is 175 Å². The lowest BCUT2D eigenvalue weighted by Crippen LogP contribution is -2.16. The van der Waals surface area contributed by atoms with Crippen LogP contribution in [0.5, 0.6) is 0 Å². The van der Waals surface area contributed by atoms with Gasteiger partial charge in [0, 0.05) is 43.7 Å². The summed E-state index contributed by atoms with van der Waals surface area (Å²) in [6, 6.07) is 59.3. The monoisotopic (exact) mass is 691 g/mol. The topological polar surface area (TPSA) is 29.5 Å². The maximum atomic E-state index is 6.74. The van der Waals surface area contributed by atoms with Crippen LogP contribution < -0.4 is 4.90 Å². The summed E-state index contributed by atoms with van der Waals surface area (Å²) >= 11 is 0. The Morgan fingerprint density at radius 2 is 1.00 bits per heavy atom. The minimum absolute atomic E-state index is 0.143. The second-order valence-corrected chi connectivity index (χ2v) is 15.2. The van der Waals surface area contributed by atoms with Gasteiger partial charge in [0.15, 0.2) is 5.58 Å². The molecule has 12 rings (SSSR count). The number of furan rings is 2. The Bertz CT molecular complexity index is 3380. The van der Waals surface area contributed by atoms with Gasteiger partial charge in [-0.25, -0.2) is 0 Å². The molecule has 3 nitrogen and oxygen atoms in total. The van der Waals surface area contributed by atoms with Crippen molar-refractivity contribution in [1.29, 1.82) is 0 Å². The van der Waals surface area contributed by atoms with E-state index in [1.165, 1.54) is 54.6 Å². The van der Waals surface area contributed by atoms with Gasteiger partial charge in [0.25, 0.3) is 0 Å². The van der Waals surface area contributed by atoms with E-state index in [0.717, 1.165) is 60.9 Å². The van der Waals surface area contributed by atoms with Crippen LogP contribution in [0.25, 0.3) is 87.3 Å². The second kappa shape index (κ2) is 10.6. The van der Waals surface area contributed by atoms with Crippen molar-refractivity contribution in [2.24, 2.45) is 0 Å². The van der Waals surface area contributed by atoms with Crippen LogP contribution in [0.4, 0.5) is 17.1 Å². The van der Waals surface area contributed by atoms with Crippen LogP contribution in [0.2, 0.25) is 0 Å². The molecule has 1 aliphatic carbocycles. The molecule has 11 aromatic rings. The summed E-state index contributed by atoms with van der Waals surface area (Å²) in [4.78, 5) is 2.40. The van der Waals surface area contributed by atoms with Crippen molar-refractivity contribution in [2.45, 2.75) is 19.3 Å². The second-order valence-electron chi connectivity index (χ2n) is 15.2. The normalized spacial score (nSPS) is 13.5. The lowest BCUT2D eigenvalue weighted by atomic mass is 9.82. The van der Waals surface area contributed by atoms with Crippen molar-refractivity contribution in [3.63, 3.8) is 0 Å².